The lowest BCUT2D eigenvalue weighted by Crippen LogP contribution is -2.42. The molecular weight excluding hydrogens is 502 g/mol. The normalized spacial score (nSPS) is 19.1. The number of methoxy groups -OCH3 is 3. The molecule has 7 rings (SSSR count). The maximum Gasteiger partial charge on any atom is 0.231 e. The van der Waals surface area contributed by atoms with Crippen molar-refractivity contribution in [2.75, 3.05) is 34.7 Å². The summed E-state index contributed by atoms with van der Waals surface area (Å²) in [6.07, 6.45) is 4.12. The maximum atomic E-state index is 5.94. The fourth-order valence-corrected chi connectivity index (χ4v) is 7.19. The number of ether oxygens (including phenoxy) is 5. The van der Waals surface area contributed by atoms with Gasteiger partial charge in [0.2, 0.25) is 6.79 Å². The number of rotatable bonds is 7. The molecule has 2 unspecified atom stereocenters. The zero-order valence-corrected chi connectivity index (χ0v) is 23.4. The Labute approximate surface area is 235 Å². The molecule has 3 aliphatic heterocycles. The Kier molecular flexibility index (Phi) is 6.43. The molecule has 40 heavy (non-hydrogen) atoms. The zero-order valence-electron chi connectivity index (χ0n) is 23.4. The number of hydrogen-bond donors (Lipinski definition) is 0. The second-order valence-corrected chi connectivity index (χ2v) is 10.9. The van der Waals surface area contributed by atoms with Crippen LogP contribution in [-0.4, -0.2) is 39.6 Å². The van der Waals surface area contributed by atoms with E-state index in [0.29, 0.717) is 12.7 Å². The van der Waals surface area contributed by atoms with Gasteiger partial charge in [-0.05, 0) is 77.6 Å². The van der Waals surface area contributed by atoms with Gasteiger partial charge < -0.3 is 23.7 Å². The first-order valence-electron chi connectivity index (χ1n) is 14.1. The fourth-order valence-electron chi connectivity index (χ4n) is 7.19. The van der Waals surface area contributed by atoms with Gasteiger partial charge in [0.05, 0.1) is 21.3 Å². The molecule has 6 nitrogen and oxygen atoms in total. The highest BCUT2D eigenvalue weighted by molar-refractivity contribution is 5.91. The van der Waals surface area contributed by atoms with E-state index in [2.05, 4.69) is 65.6 Å². The molecule has 0 N–H and O–H groups in total. The summed E-state index contributed by atoms with van der Waals surface area (Å²) in [7, 11) is 5.21. The van der Waals surface area contributed by atoms with E-state index < -0.39 is 0 Å². The van der Waals surface area contributed by atoms with E-state index in [0.717, 1.165) is 67.5 Å². The highest BCUT2D eigenvalue weighted by Crippen LogP contribution is 2.53. The third-order valence-corrected chi connectivity index (χ3v) is 9.00. The summed E-state index contributed by atoms with van der Waals surface area (Å²) in [6.45, 7) is 2.14. The van der Waals surface area contributed by atoms with Gasteiger partial charge in [-0.15, -0.1) is 0 Å². The quantitative estimate of drug-likeness (QED) is 0.258. The summed E-state index contributed by atoms with van der Waals surface area (Å²) >= 11 is 0. The van der Waals surface area contributed by atoms with Gasteiger partial charge in [0.1, 0.15) is 5.75 Å². The van der Waals surface area contributed by atoms with Crippen LogP contribution < -0.4 is 23.7 Å². The summed E-state index contributed by atoms with van der Waals surface area (Å²) < 4.78 is 28.8. The number of hydrogen-bond acceptors (Lipinski definition) is 6. The second-order valence-electron chi connectivity index (χ2n) is 10.9. The molecule has 0 spiro atoms. The molecule has 0 fully saturated rings. The van der Waals surface area contributed by atoms with Crippen LogP contribution in [0.2, 0.25) is 0 Å². The van der Waals surface area contributed by atoms with Gasteiger partial charge >= 0.3 is 0 Å². The predicted molar refractivity (Wildman–Crippen MR) is 155 cm³/mol. The molecule has 4 aromatic rings. The zero-order chi connectivity index (χ0) is 27.2. The minimum atomic E-state index is 0.275. The summed E-state index contributed by atoms with van der Waals surface area (Å²) in [5.41, 5.74) is 6.73. The number of fused-ring (bicyclic) bond motifs is 6. The predicted octanol–water partition coefficient (Wildman–Crippen LogP) is 6.81. The lowest BCUT2D eigenvalue weighted by Gasteiger charge is -2.46. The largest absolute Gasteiger partial charge is 0.496 e. The molecule has 0 aliphatic carbocycles. The Hall–Kier alpha value is -3.90. The summed E-state index contributed by atoms with van der Waals surface area (Å²) in [6, 6.07) is 21.9. The van der Waals surface area contributed by atoms with E-state index >= 15 is 0 Å². The van der Waals surface area contributed by atoms with Crippen molar-refractivity contribution in [3.8, 4) is 28.7 Å². The monoisotopic (exact) mass is 537 g/mol. The van der Waals surface area contributed by atoms with Crippen LogP contribution in [0, 0.1) is 0 Å². The van der Waals surface area contributed by atoms with Gasteiger partial charge in [0.15, 0.2) is 23.0 Å². The molecule has 2 atom stereocenters. The van der Waals surface area contributed by atoms with Crippen molar-refractivity contribution < 1.29 is 23.7 Å². The number of nitrogens with zero attached hydrogens (tertiary/aromatic N) is 1. The van der Waals surface area contributed by atoms with Crippen molar-refractivity contribution in [2.24, 2.45) is 0 Å². The van der Waals surface area contributed by atoms with Crippen LogP contribution in [-0.2, 0) is 19.4 Å². The highest BCUT2D eigenvalue weighted by Gasteiger charge is 2.41. The minimum Gasteiger partial charge on any atom is -0.496 e. The molecule has 206 valence electrons. The lowest BCUT2D eigenvalue weighted by atomic mass is 9.74. The molecule has 0 radical (unpaired) electrons. The van der Waals surface area contributed by atoms with Gasteiger partial charge in [0, 0.05) is 36.0 Å². The Morgan fingerprint density at radius 3 is 2.40 bits per heavy atom. The molecule has 6 heteroatoms. The van der Waals surface area contributed by atoms with Crippen LogP contribution in [0.5, 0.6) is 28.7 Å². The Morgan fingerprint density at radius 2 is 1.60 bits per heavy atom. The number of aryl methyl sites for hydroxylation is 1. The first-order valence-corrected chi connectivity index (χ1v) is 14.1. The SMILES string of the molecule is COc1ccc2c(c1OC)CN1CCc3cc4c(cc3C1C2CCCc1ccc(OC)c2ccccc12)OCO4. The summed E-state index contributed by atoms with van der Waals surface area (Å²) in [4.78, 5) is 2.63. The average molecular weight is 538 g/mol. The standard InChI is InChI=1S/C34H35NO5/c1-36-29-13-11-21(23-8-4-5-9-25(23)29)7-6-10-26-24-12-14-30(37-2)34(38-3)28(24)19-35-16-15-22-17-31-32(40-20-39-31)18-27(22)33(26)35/h4-5,8-9,11-14,17-18,26,33H,6-7,10,15-16,19-20H2,1-3H3. The van der Waals surface area contributed by atoms with Crippen molar-refractivity contribution in [2.45, 2.75) is 44.2 Å². The summed E-state index contributed by atoms with van der Waals surface area (Å²) in [5.74, 6) is 4.63. The molecule has 3 aliphatic rings. The van der Waals surface area contributed by atoms with Gasteiger partial charge in [-0.3, -0.25) is 4.90 Å². The van der Waals surface area contributed by atoms with Crippen LogP contribution in [0.3, 0.4) is 0 Å². The molecule has 4 aromatic carbocycles. The van der Waals surface area contributed by atoms with Crippen LogP contribution in [0.4, 0.5) is 0 Å². The van der Waals surface area contributed by atoms with Gasteiger partial charge in [-0.25, -0.2) is 0 Å². The van der Waals surface area contributed by atoms with Crippen molar-refractivity contribution in [3.05, 3.63) is 88.5 Å². The average Bonchev–Trinajstić information content (AvgIpc) is 3.46. The topological polar surface area (TPSA) is 49.4 Å². The van der Waals surface area contributed by atoms with Crippen LogP contribution in [0.1, 0.15) is 52.6 Å². The van der Waals surface area contributed by atoms with Crippen LogP contribution in [0.25, 0.3) is 10.8 Å². The molecule has 0 saturated carbocycles. The Bertz CT molecular complexity index is 1580. The smallest absolute Gasteiger partial charge is 0.231 e. The van der Waals surface area contributed by atoms with E-state index in [-0.39, 0.29) is 6.04 Å². The third kappa shape index (κ3) is 4.05. The molecule has 0 aromatic heterocycles. The van der Waals surface area contributed by atoms with E-state index in [1.165, 1.54) is 38.6 Å². The van der Waals surface area contributed by atoms with Crippen molar-refractivity contribution in [1.29, 1.82) is 0 Å². The van der Waals surface area contributed by atoms with E-state index in [9.17, 15) is 0 Å². The maximum absolute atomic E-state index is 5.94. The first-order chi connectivity index (χ1) is 19.7. The van der Waals surface area contributed by atoms with E-state index in [4.69, 9.17) is 23.7 Å². The first kappa shape index (κ1) is 25.1. The van der Waals surface area contributed by atoms with Gasteiger partial charge in [-0.1, -0.05) is 36.4 Å². The summed E-state index contributed by atoms with van der Waals surface area (Å²) in [5, 5.41) is 2.44. The lowest BCUT2D eigenvalue weighted by molar-refractivity contribution is 0.126. The molecule has 0 bridgehead atoms. The molecular formula is C34H35NO5. The Morgan fingerprint density at radius 1 is 0.825 bits per heavy atom. The van der Waals surface area contributed by atoms with Crippen molar-refractivity contribution in [3.63, 3.8) is 0 Å². The third-order valence-electron chi connectivity index (χ3n) is 9.00. The van der Waals surface area contributed by atoms with E-state index in [1.807, 2.05) is 0 Å². The van der Waals surface area contributed by atoms with Crippen molar-refractivity contribution in [1.82, 2.24) is 4.90 Å². The molecule has 3 heterocycles. The Balaban J connectivity index is 1.26. The van der Waals surface area contributed by atoms with Gasteiger partial charge in [0.25, 0.3) is 0 Å². The van der Waals surface area contributed by atoms with E-state index in [1.54, 1.807) is 21.3 Å². The minimum absolute atomic E-state index is 0.275. The highest BCUT2D eigenvalue weighted by atomic mass is 16.7. The molecule has 0 saturated heterocycles. The fraction of sp³-hybridized carbons (Fsp3) is 0.353. The van der Waals surface area contributed by atoms with Crippen LogP contribution in [0.15, 0.2) is 60.7 Å². The number of benzene rings is 4. The molecule has 0 amide bonds. The van der Waals surface area contributed by atoms with Crippen LogP contribution >= 0.6 is 0 Å². The second kappa shape index (κ2) is 10.3. The van der Waals surface area contributed by atoms with Crippen molar-refractivity contribution >= 4 is 10.8 Å². The van der Waals surface area contributed by atoms with Gasteiger partial charge in [-0.2, -0.15) is 0 Å².